The molecule has 0 bridgehead atoms. The summed E-state index contributed by atoms with van der Waals surface area (Å²) < 4.78 is 34.3. The zero-order valence-electron chi connectivity index (χ0n) is 43.9. The number of rotatable bonds is 42. The van der Waals surface area contributed by atoms with Crippen molar-refractivity contribution in [3.8, 4) is 0 Å². The van der Waals surface area contributed by atoms with E-state index in [9.17, 15) is 40.5 Å². The second-order valence-corrected chi connectivity index (χ2v) is 18.7. The normalized spacial score (nSPS) is 25.9. The van der Waals surface area contributed by atoms with Crippen LogP contribution in [0, 0.1) is 0 Å². The van der Waals surface area contributed by atoms with Crippen molar-refractivity contribution in [1.29, 1.82) is 0 Å². The molecule has 2 fully saturated rings. The van der Waals surface area contributed by atoms with Crippen molar-refractivity contribution < 1.29 is 69.0 Å². The number of hydrogen-bond donors (Lipinski definition) is 7. The van der Waals surface area contributed by atoms with Crippen LogP contribution in [0.5, 0.6) is 0 Å². The summed E-state index contributed by atoms with van der Waals surface area (Å²) >= 11 is 0. The molecule has 2 saturated heterocycles. The van der Waals surface area contributed by atoms with Crippen molar-refractivity contribution >= 4 is 5.97 Å². The van der Waals surface area contributed by atoms with Crippen LogP contribution in [-0.4, -0.2) is 142 Å². The maximum absolute atomic E-state index is 13.0. The highest BCUT2D eigenvalue weighted by Crippen LogP contribution is 2.26. The minimum atomic E-state index is -1.72. The number of carbonyl (C=O) groups excluding carboxylic acids is 1. The third-order valence-electron chi connectivity index (χ3n) is 12.3. The number of aliphatic hydroxyl groups excluding tert-OH is 7. The highest BCUT2D eigenvalue weighted by Gasteiger charge is 2.47. The molecule has 2 heterocycles. The van der Waals surface area contributed by atoms with Gasteiger partial charge in [-0.3, -0.25) is 4.79 Å². The summed E-state index contributed by atoms with van der Waals surface area (Å²) in [7, 11) is 0. The first kappa shape index (κ1) is 65.0. The quantitative estimate of drug-likeness (QED) is 0.0173. The lowest BCUT2D eigenvalue weighted by Crippen LogP contribution is -2.61. The first-order valence-corrected chi connectivity index (χ1v) is 27.3. The summed E-state index contributed by atoms with van der Waals surface area (Å²) in [5.74, 6) is -0.426. The largest absolute Gasteiger partial charge is 0.457 e. The molecule has 0 radical (unpaired) electrons. The Labute approximate surface area is 432 Å². The van der Waals surface area contributed by atoms with Crippen molar-refractivity contribution in [2.24, 2.45) is 0 Å². The number of carbonyl (C=O) groups is 1. The number of ether oxygens (including phenoxy) is 6. The van der Waals surface area contributed by atoms with E-state index in [4.69, 9.17) is 28.4 Å². The van der Waals surface area contributed by atoms with Gasteiger partial charge < -0.3 is 64.2 Å². The first-order valence-electron chi connectivity index (χ1n) is 27.3. The second-order valence-electron chi connectivity index (χ2n) is 18.7. The van der Waals surface area contributed by atoms with Gasteiger partial charge in [-0.25, -0.2) is 0 Å². The van der Waals surface area contributed by atoms with Crippen LogP contribution < -0.4 is 0 Å². The lowest BCUT2D eigenvalue weighted by molar-refractivity contribution is -0.332. The molecule has 0 aliphatic carbocycles. The molecule has 412 valence electrons. The summed E-state index contributed by atoms with van der Waals surface area (Å²) in [6, 6.07) is 0. The maximum Gasteiger partial charge on any atom is 0.306 e. The fourth-order valence-electron chi connectivity index (χ4n) is 7.90. The topological polar surface area (TPSA) is 214 Å². The van der Waals surface area contributed by atoms with E-state index in [1.54, 1.807) is 0 Å². The second kappa shape index (κ2) is 44.2. The van der Waals surface area contributed by atoms with Crippen molar-refractivity contribution in [2.75, 3.05) is 33.0 Å². The van der Waals surface area contributed by atoms with E-state index in [-0.39, 0.29) is 19.6 Å². The molecule has 11 atom stereocenters. The summed E-state index contributed by atoms with van der Waals surface area (Å²) in [5.41, 5.74) is 0. The van der Waals surface area contributed by atoms with Crippen LogP contribution in [0.1, 0.15) is 162 Å². The van der Waals surface area contributed by atoms with Gasteiger partial charge in [0.05, 0.1) is 26.4 Å². The monoisotopic (exact) mass is 1020 g/mol. The average molecular weight is 1020 g/mol. The molecule has 0 aromatic rings. The van der Waals surface area contributed by atoms with Gasteiger partial charge in [0.2, 0.25) is 0 Å². The fraction of sp³-hybridized carbons (Fsp3) is 0.707. The summed E-state index contributed by atoms with van der Waals surface area (Å²) in [5, 5.41) is 72.2. The van der Waals surface area contributed by atoms with Gasteiger partial charge in [0, 0.05) is 13.0 Å². The Kier molecular flexibility index (Phi) is 39.9. The third kappa shape index (κ3) is 30.9. The number of allylic oxidation sites excluding steroid dienone is 16. The average Bonchev–Trinajstić information content (AvgIpc) is 3.38. The van der Waals surface area contributed by atoms with E-state index in [1.165, 1.54) is 44.9 Å². The molecule has 2 rings (SSSR count). The number of unbranched alkanes of at least 4 members (excludes halogenated alkanes) is 12. The number of esters is 1. The van der Waals surface area contributed by atoms with Crippen molar-refractivity contribution in [1.82, 2.24) is 0 Å². The van der Waals surface area contributed by atoms with E-state index in [0.29, 0.717) is 13.0 Å². The minimum Gasteiger partial charge on any atom is -0.457 e. The van der Waals surface area contributed by atoms with Crippen LogP contribution in [0.25, 0.3) is 0 Å². The highest BCUT2D eigenvalue weighted by atomic mass is 16.7. The molecule has 14 heteroatoms. The van der Waals surface area contributed by atoms with Gasteiger partial charge in [-0.2, -0.15) is 0 Å². The zero-order valence-corrected chi connectivity index (χ0v) is 43.9. The van der Waals surface area contributed by atoms with E-state index in [1.807, 2.05) is 0 Å². The van der Waals surface area contributed by atoms with Crippen LogP contribution in [0.4, 0.5) is 0 Å². The van der Waals surface area contributed by atoms with Crippen LogP contribution in [0.15, 0.2) is 97.2 Å². The Morgan fingerprint density at radius 1 is 0.472 bits per heavy atom. The Bertz CT molecular complexity index is 1550. The van der Waals surface area contributed by atoms with Crippen molar-refractivity contribution in [3.05, 3.63) is 97.2 Å². The molecule has 2 aliphatic heterocycles. The van der Waals surface area contributed by atoms with Gasteiger partial charge in [0.15, 0.2) is 12.6 Å². The van der Waals surface area contributed by atoms with Crippen LogP contribution in [0.2, 0.25) is 0 Å². The first-order chi connectivity index (χ1) is 35.1. The minimum absolute atomic E-state index is 0.0301. The van der Waals surface area contributed by atoms with E-state index in [2.05, 4.69) is 111 Å². The summed E-state index contributed by atoms with van der Waals surface area (Å²) in [4.78, 5) is 13.0. The molecule has 0 saturated carbocycles. The van der Waals surface area contributed by atoms with Gasteiger partial charge in [0.25, 0.3) is 0 Å². The number of hydrogen-bond acceptors (Lipinski definition) is 14. The van der Waals surface area contributed by atoms with E-state index < -0.39 is 86.7 Å². The number of aliphatic hydroxyl groups is 7. The van der Waals surface area contributed by atoms with Crippen molar-refractivity contribution in [3.63, 3.8) is 0 Å². The molecule has 7 N–H and O–H groups in total. The zero-order chi connectivity index (χ0) is 52.3. The Morgan fingerprint density at radius 2 is 0.903 bits per heavy atom. The van der Waals surface area contributed by atoms with Gasteiger partial charge in [-0.05, 0) is 96.3 Å². The lowest BCUT2D eigenvalue weighted by Gasteiger charge is -2.42. The maximum atomic E-state index is 13.0. The lowest BCUT2D eigenvalue weighted by atomic mass is 9.98. The molecule has 72 heavy (non-hydrogen) atoms. The van der Waals surface area contributed by atoms with Crippen LogP contribution >= 0.6 is 0 Å². The predicted molar refractivity (Wildman–Crippen MR) is 284 cm³/mol. The molecule has 2 aliphatic rings. The smallest absolute Gasteiger partial charge is 0.306 e. The molecule has 0 aromatic heterocycles. The molecule has 14 nitrogen and oxygen atoms in total. The van der Waals surface area contributed by atoms with Gasteiger partial charge in [-0.1, -0.05) is 156 Å². The highest BCUT2D eigenvalue weighted by molar-refractivity contribution is 5.69. The molecule has 0 aromatic carbocycles. The molecule has 11 unspecified atom stereocenters. The fourth-order valence-corrected chi connectivity index (χ4v) is 7.90. The van der Waals surface area contributed by atoms with Crippen molar-refractivity contribution in [2.45, 2.75) is 229 Å². The Hall–Kier alpha value is -3.09. The van der Waals surface area contributed by atoms with E-state index in [0.717, 1.165) is 89.9 Å². The standard InChI is InChI=1S/C58H96O14/c1-3-5-7-9-11-13-15-17-19-21-22-23-24-25-27-29-31-33-35-37-39-41-50(60)70-47(44-67-42-40-38-36-34-32-30-28-26-20-18-16-14-12-10-8-6-4-2)45-68-57-56(66)54(64)52(62)49(72-57)46-69-58-55(65)53(63)51(61)48(43-59)71-58/h5,7,11,13-14,16-17,19-20,22-23,25-27,31,33,47-49,51-59,61-66H,3-4,6,8-10,12,15,18,21,24,28-30,32,34-46H2,1-2H3/b7-5-,13-11-,16-14-,19-17-,23-22-,26-20-,27-25-,33-31-. The van der Waals surface area contributed by atoms with Gasteiger partial charge in [0.1, 0.15) is 54.9 Å². The molecular weight excluding hydrogens is 921 g/mol. The Morgan fingerprint density at radius 3 is 1.42 bits per heavy atom. The van der Waals surface area contributed by atoms with Gasteiger partial charge >= 0.3 is 5.97 Å². The van der Waals surface area contributed by atoms with Crippen LogP contribution in [-0.2, 0) is 33.2 Å². The van der Waals surface area contributed by atoms with Gasteiger partial charge in [-0.15, -0.1) is 0 Å². The summed E-state index contributed by atoms with van der Waals surface area (Å²) in [6.07, 6.45) is 41.8. The molecule has 0 amide bonds. The Balaban J connectivity index is 1.78. The summed E-state index contributed by atoms with van der Waals surface area (Å²) in [6.45, 7) is 3.45. The third-order valence-corrected chi connectivity index (χ3v) is 12.3. The predicted octanol–water partition coefficient (Wildman–Crippen LogP) is 9.02. The SMILES string of the molecule is CC/C=C\C/C=C\C/C=C\C/C=C\C/C=C\C/C=C\CCCCC(=O)OC(COCCCCCCCC/C=C\C/C=C\CCCCCC)COC1OC(COC2OC(CO)C(O)C(O)C2O)C(O)C(O)C1O. The molecule has 0 spiro atoms. The van der Waals surface area contributed by atoms with E-state index >= 15 is 0 Å². The van der Waals surface area contributed by atoms with Crippen LogP contribution in [0.3, 0.4) is 0 Å². The molecular formula is C58H96O14.